The molecule has 40 heavy (non-hydrogen) atoms. The van der Waals surface area contributed by atoms with Gasteiger partial charge in [-0.25, -0.2) is 4.79 Å². The molecule has 0 saturated carbocycles. The second-order valence-corrected chi connectivity index (χ2v) is 11.3. The number of ether oxygens (including phenoxy) is 2. The summed E-state index contributed by atoms with van der Waals surface area (Å²) in [5, 5.41) is 4.22. The average Bonchev–Trinajstić information content (AvgIpc) is 3.16. The summed E-state index contributed by atoms with van der Waals surface area (Å²) in [6, 6.07) is 21.9. The predicted octanol–water partition coefficient (Wildman–Crippen LogP) is 7.25. The van der Waals surface area contributed by atoms with E-state index in [9.17, 15) is 9.59 Å². The summed E-state index contributed by atoms with van der Waals surface area (Å²) in [6.07, 6.45) is 0. The van der Waals surface area contributed by atoms with Gasteiger partial charge in [0, 0.05) is 28.7 Å². The van der Waals surface area contributed by atoms with Crippen LogP contribution in [0.5, 0.6) is 5.75 Å². The number of nitrogens with zero attached hydrogens (tertiary/aromatic N) is 1. The fourth-order valence-corrected chi connectivity index (χ4v) is 5.02. The Morgan fingerprint density at radius 1 is 0.925 bits per heavy atom. The summed E-state index contributed by atoms with van der Waals surface area (Å²) in [5.74, 6) is 0.513. The highest BCUT2D eigenvalue weighted by Gasteiger charge is 2.31. The number of methoxy groups -OCH3 is 1. The van der Waals surface area contributed by atoms with Crippen LogP contribution in [0.2, 0.25) is 0 Å². The van der Waals surface area contributed by atoms with Gasteiger partial charge in [0.1, 0.15) is 5.75 Å². The Bertz CT molecular complexity index is 1550. The maximum absolute atomic E-state index is 13.2. The molecule has 4 aromatic rings. The molecule has 1 amide bonds. The quantitative estimate of drug-likeness (QED) is 0.227. The minimum Gasteiger partial charge on any atom is -0.476 e. The monoisotopic (exact) mass is 540 g/mol. The molecule has 0 unspecified atom stereocenters. The molecule has 0 bridgehead atoms. The van der Waals surface area contributed by atoms with Crippen molar-refractivity contribution in [1.29, 1.82) is 0 Å². The van der Waals surface area contributed by atoms with Crippen LogP contribution in [-0.2, 0) is 16.1 Å². The summed E-state index contributed by atoms with van der Waals surface area (Å²) < 4.78 is 13.1. The molecular weight excluding hydrogens is 500 g/mol. The molecule has 1 N–H and O–H groups in total. The van der Waals surface area contributed by atoms with Crippen LogP contribution in [0.25, 0.3) is 10.9 Å². The molecule has 6 nitrogen and oxygen atoms in total. The van der Waals surface area contributed by atoms with Crippen LogP contribution in [0.3, 0.4) is 0 Å². The van der Waals surface area contributed by atoms with Gasteiger partial charge in [-0.2, -0.15) is 0 Å². The molecule has 0 spiro atoms. The van der Waals surface area contributed by atoms with Crippen molar-refractivity contribution >= 4 is 22.8 Å². The van der Waals surface area contributed by atoms with Gasteiger partial charge in [-0.05, 0) is 93.1 Å². The molecule has 0 fully saturated rings. The number of aryl methyl sites for hydroxylation is 1. The minimum absolute atomic E-state index is 0.0905. The van der Waals surface area contributed by atoms with Gasteiger partial charge >= 0.3 is 5.97 Å². The van der Waals surface area contributed by atoms with Crippen molar-refractivity contribution in [2.75, 3.05) is 7.11 Å². The Kier molecular flexibility index (Phi) is 8.38. The maximum atomic E-state index is 13.2. The van der Waals surface area contributed by atoms with Gasteiger partial charge in [0.05, 0.1) is 13.2 Å². The topological polar surface area (TPSA) is 69.6 Å². The summed E-state index contributed by atoms with van der Waals surface area (Å²) in [5.41, 5.74) is 6.28. The third-order valence-electron chi connectivity index (χ3n) is 7.62. The van der Waals surface area contributed by atoms with Crippen molar-refractivity contribution < 1.29 is 19.1 Å². The molecule has 0 aliphatic carbocycles. The van der Waals surface area contributed by atoms with Crippen molar-refractivity contribution in [3.63, 3.8) is 0 Å². The summed E-state index contributed by atoms with van der Waals surface area (Å²) in [4.78, 5) is 25.3. The minimum atomic E-state index is -1.09. The number of hydrogen-bond donors (Lipinski definition) is 1. The van der Waals surface area contributed by atoms with Gasteiger partial charge in [-0.3, -0.25) is 4.79 Å². The maximum Gasteiger partial charge on any atom is 0.349 e. The lowest BCUT2D eigenvalue weighted by Gasteiger charge is -2.23. The van der Waals surface area contributed by atoms with E-state index in [2.05, 4.69) is 61.8 Å². The Balaban J connectivity index is 1.56. The zero-order chi connectivity index (χ0) is 29.2. The molecular formula is C34H40N2O4. The number of fused-ring (bicyclic) bond motifs is 1. The van der Waals surface area contributed by atoms with Gasteiger partial charge in [0.2, 0.25) is 0 Å². The lowest BCUT2D eigenvalue weighted by molar-refractivity contribution is -0.156. The van der Waals surface area contributed by atoms with Crippen LogP contribution in [0.4, 0.5) is 0 Å². The smallest absolute Gasteiger partial charge is 0.349 e. The lowest BCUT2D eigenvalue weighted by atomic mass is 9.98. The molecule has 1 atom stereocenters. The number of carbonyl (C=O) groups is 2. The van der Waals surface area contributed by atoms with E-state index >= 15 is 0 Å². The van der Waals surface area contributed by atoms with Crippen molar-refractivity contribution in [3.05, 3.63) is 100 Å². The first-order valence-corrected chi connectivity index (χ1v) is 13.8. The Morgan fingerprint density at radius 2 is 1.62 bits per heavy atom. The highest BCUT2D eigenvalue weighted by Crippen LogP contribution is 2.29. The van der Waals surface area contributed by atoms with Crippen molar-refractivity contribution in [2.45, 2.75) is 72.6 Å². The average molecular weight is 541 g/mol. The fraction of sp³-hybridized carbons (Fsp3) is 0.353. The van der Waals surface area contributed by atoms with Crippen LogP contribution < -0.4 is 10.1 Å². The number of aromatic nitrogens is 1. The zero-order valence-electron chi connectivity index (χ0n) is 24.8. The van der Waals surface area contributed by atoms with Crippen molar-refractivity contribution in [1.82, 2.24) is 9.88 Å². The summed E-state index contributed by atoms with van der Waals surface area (Å²) >= 11 is 0. The first kappa shape index (κ1) is 28.9. The van der Waals surface area contributed by atoms with Crippen molar-refractivity contribution in [3.8, 4) is 5.75 Å². The van der Waals surface area contributed by atoms with Gasteiger partial charge in [-0.1, -0.05) is 50.2 Å². The number of rotatable bonds is 9. The molecule has 3 aromatic carbocycles. The molecule has 1 aromatic heterocycles. The molecule has 210 valence electrons. The first-order valence-electron chi connectivity index (χ1n) is 13.8. The molecule has 0 radical (unpaired) electrons. The first-order chi connectivity index (χ1) is 18.9. The van der Waals surface area contributed by atoms with E-state index in [1.54, 1.807) is 13.8 Å². The normalized spacial score (nSPS) is 12.4. The second kappa shape index (κ2) is 11.6. The van der Waals surface area contributed by atoms with Crippen LogP contribution in [0.1, 0.15) is 84.9 Å². The summed E-state index contributed by atoms with van der Waals surface area (Å²) in [7, 11) is 1.35. The molecule has 4 rings (SSSR count). The van der Waals surface area contributed by atoms with E-state index < -0.39 is 11.6 Å². The van der Waals surface area contributed by atoms with Crippen LogP contribution in [0, 0.1) is 13.8 Å². The van der Waals surface area contributed by atoms with Gasteiger partial charge in [0.15, 0.2) is 5.60 Å². The number of esters is 1. The molecule has 0 saturated heterocycles. The fourth-order valence-electron chi connectivity index (χ4n) is 5.02. The standard InChI is InChI=1S/C34H40N2O4/c1-21(2)26-12-10-13-27(18-26)23(4)35-32(37)28-15-16-31-30(19-28)22(3)24(5)36(31)20-25-11-9-14-29(17-25)40-34(6,7)33(38)39-8/h9-19,21,23H,20H2,1-8H3,(H,35,37)/t23-/m0/s1. The highest BCUT2D eigenvalue weighted by atomic mass is 16.6. The second-order valence-electron chi connectivity index (χ2n) is 11.3. The van der Waals surface area contributed by atoms with Crippen LogP contribution in [0.15, 0.2) is 66.7 Å². The number of carbonyl (C=O) groups excluding carboxylic acids is 2. The largest absolute Gasteiger partial charge is 0.476 e. The third-order valence-corrected chi connectivity index (χ3v) is 7.62. The molecule has 1 heterocycles. The van der Waals surface area contributed by atoms with Gasteiger partial charge in [-0.15, -0.1) is 0 Å². The van der Waals surface area contributed by atoms with Gasteiger partial charge < -0.3 is 19.4 Å². The van der Waals surface area contributed by atoms with Crippen LogP contribution >= 0.6 is 0 Å². The van der Waals surface area contributed by atoms with E-state index in [-0.39, 0.29) is 11.9 Å². The molecule has 6 heteroatoms. The highest BCUT2D eigenvalue weighted by molar-refractivity contribution is 5.99. The number of benzene rings is 3. The number of amides is 1. The Hall–Kier alpha value is -4.06. The lowest BCUT2D eigenvalue weighted by Crippen LogP contribution is -2.39. The van der Waals surface area contributed by atoms with E-state index in [1.807, 2.05) is 49.4 Å². The van der Waals surface area contributed by atoms with E-state index in [0.717, 1.165) is 33.3 Å². The molecule has 0 aliphatic heterocycles. The van der Waals surface area contributed by atoms with E-state index in [4.69, 9.17) is 9.47 Å². The third kappa shape index (κ3) is 6.06. The van der Waals surface area contributed by atoms with Crippen LogP contribution in [-0.4, -0.2) is 29.2 Å². The SMILES string of the molecule is COC(=O)C(C)(C)Oc1cccc(Cn2c(C)c(C)c3cc(C(=O)N[C@@H](C)c4cccc(C(C)C)c4)ccc32)c1. The number of nitrogens with one attached hydrogen (secondary N) is 1. The summed E-state index contributed by atoms with van der Waals surface area (Å²) in [6.45, 7) is 14.6. The Morgan fingerprint density at radius 3 is 2.33 bits per heavy atom. The Labute approximate surface area is 237 Å². The predicted molar refractivity (Wildman–Crippen MR) is 160 cm³/mol. The van der Waals surface area contributed by atoms with Gasteiger partial charge in [0.25, 0.3) is 5.91 Å². The number of hydrogen-bond acceptors (Lipinski definition) is 4. The van der Waals surface area contributed by atoms with Crippen molar-refractivity contribution in [2.24, 2.45) is 0 Å². The van der Waals surface area contributed by atoms with E-state index in [1.165, 1.54) is 12.7 Å². The zero-order valence-corrected chi connectivity index (χ0v) is 24.8. The van der Waals surface area contributed by atoms with E-state index in [0.29, 0.717) is 23.8 Å². The molecule has 0 aliphatic rings.